The highest BCUT2D eigenvalue weighted by atomic mass is 32.2. The molecule has 3 aromatic rings. The molecule has 0 saturated heterocycles. The molecule has 0 spiro atoms. The van der Waals surface area contributed by atoms with E-state index in [2.05, 4.69) is 22.1 Å². The summed E-state index contributed by atoms with van der Waals surface area (Å²) in [6, 6.07) is 14.6. The minimum absolute atomic E-state index is 0.107. The van der Waals surface area contributed by atoms with Gasteiger partial charge in [0.2, 0.25) is 5.91 Å². The van der Waals surface area contributed by atoms with Crippen molar-refractivity contribution in [3.8, 4) is 17.2 Å². The average Bonchev–Trinajstić information content (AvgIpc) is 3.18. The molecule has 0 aliphatic rings. The summed E-state index contributed by atoms with van der Waals surface area (Å²) in [5.74, 6) is 3.37. The number of methoxy groups -OCH3 is 2. The van der Waals surface area contributed by atoms with Crippen molar-refractivity contribution in [1.82, 2.24) is 14.8 Å². The fourth-order valence-corrected chi connectivity index (χ4v) is 3.64. The third-order valence-corrected chi connectivity index (χ3v) is 5.37. The molecule has 1 aromatic heterocycles. The van der Waals surface area contributed by atoms with Crippen molar-refractivity contribution in [2.45, 2.75) is 18.1 Å². The Hall–Kier alpha value is -3.46. The van der Waals surface area contributed by atoms with Crippen molar-refractivity contribution in [1.29, 1.82) is 0 Å². The fourth-order valence-electron chi connectivity index (χ4n) is 2.86. The van der Waals surface area contributed by atoms with Crippen LogP contribution in [0, 0.1) is 0 Å². The number of amides is 1. The second-order valence-corrected chi connectivity index (χ2v) is 7.69. The maximum absolute atomic E-state index is 12.5. The molecule has 32 heavy (non-hydrogen) atoms. The maximum Gasteiger partial charge on any atom is 0.232 e. The summed E-state index contributed by atoms with van der Waals surface area (Å²) in [5.41, 5.74) is 0.691. The van der Waals surface area contributed by atoms with E-state index in [-0.39, 0.29) is 12.3 Å². The third kappa shape index (κ3) is 6.52. The number of carbonyl (C=O) groups is 1. The predicted molar refractivity (Wildman–Crippen MR) is 125 cm³/mol. The van der Waals surface area contributed by atoms with Gasteiger partial charge in [0.25, 0.3) is 0 Å². The standard InChI is InChI=1S/C23H26N4O4S/c1-4-13-27-21(16-22(28)24-17-5-7-18(29-2)8-6-17)25-26-23(27)32-15-14-31-20-11-9-19(30-3)10-12-20/h4-12H,1,13-16H2,2-3H3,(H,24,28). The van der Waals surface area contributed by atoms with Crippen LogP contribution < -0.4 is 19.5 Å². The minimum Gasteiger partial charge on any atom is -0.497 e. The maximum atomic E-state index is 12.5. The monoisotopic (exact) mass is 454 g/mol. The molecule has 3 rings (SSSR count). The van der Waals surface area contributed by atoms with E-state index < -0.39 is 0 Å². The number of aromatic nitrogens is 3. The highest BCUT2D eigenvalue weighted by Crippen LogP contribution is 2.20. The van der Waals surface area contributed by atoms with Crippen LogP contribution in [0.25, 0.3) is 0 Å². The smallest absolute Gasteiger partial charge is 0.232 e. The van der Waals surface area contributed by atoms with Gasteiger partial charge in [0.05, 0.1) is 27.2 Å². The van der Waals surface area contributed by atoms with Crippen LogP contribution in [0.5, 0.6) is 17.2 Å². The van der Waals surface area contributed by atoms with Crippen LogP contribution in [0.1, 0.15) is 5.82 Å². The number of nitrogens with zero attached hydrogens (tertiary/aromatic N) is 3. The summed E-state index contributed by atoms with van der Waals surface area (Å²) in [6.07, 6.45) is 1.86. The van der Waals surface area contributed by atoms with Crippen LogP contribution in [0.3, 0.4) is 0 Å². The molecule has 1 amide bonds. The van der Waals surface area contributed by atoms with Gasteiger partial charge in [-0.1, -0.05) is 17.8 Å². The number of hydrogen-bond acceptors (Lipinski definition) is 7. The zero-order valence-electron chi connectivity index (χ0n) is 18.1. The number of ether oxygens (including phenoxy) is 3. The lowest BCUT2D eigenvalue weighted by molar-refractivity contribution is -0.115. The summed E-state index contributed by atoms with van der Waals surface area (Å²) >= 11 is 1.52. The molecule has 9 heteroatoms. The molecule has 0 saturated carbocycles. The molecule has 2 aromatic carbocycles. The van der Waals surface area contributed by atoms with E-state index in [9.17, 15) is 4.79 Å². The Morgan fingerprint density at radius 3 is 2.28 bits per heavy atom. The van der Waals surface area contributed by atoms with Crippen molar-refractivity contribution in [3.05, 3.63) is 67.0 Å². The lowest BCUT2D eigenvalue weighted by Gasteiger charge is -2.09. The zero-order chi connectivity index (χ0) is 22.8. The van der Waals surface area contributed by atoms with Crippen molar-refractivity contribution in [2.24, 2.45) is 0 Å². The molecular weight excluding hydrogens is 428 g/mol. The van der Waals surface area contributed by atoms with E-state index in [0.717, 1.165) is 22.4 Å². The lowest BCUT2D eigenvalue weighted by Crippen LogP contribution is -2.17. The van der Waals surface area contributed by atoms with Gasteiger partial charge in [-0.15, -0.1) is 16.8 Å². The van der Waals surface area contributed by atoms with Gasteiger partial charge in [0.15, 0.2) is 5.16 Å². The number of rotatable bonds is 12. The molecule has 0 radical (unpaired) electrons. The number of anilines is 1. The van der Waals surface area contributed by atoms with Crippen LogP contribution in [0.2, 0.25) is 0 Å². The van der Waals surface area contributed by atoms with Gasteiger partial charge >= 0.3 is 0 Å². The second-order valence-electron chi connectivity index (χ2n) is 6.62. The number of allylic oxidation sites excluding steroid dienone is 1. The van der Waals surface area contributed by atoms with E-state index in [0.29, 0.717) is 30.4 Å². The summed E-state index contributed by atoms with van der Waals surface area (Å²) in [6.45, 7) is 4.82. The Morgan fingerprint density at radius 2 is 1.66 bits per heavy atom. The molecule has 0 fully saturated rings. The molecule has 0 atom stereocenters. The third-order valence-electron chi connectivity index (χ3n) is 4.44. The Kier molecular flexibility index (Phi) is 8.56. The second kappa shape index (κ2) is 11.8. The number of nitrogens with one attached hydrogen (secondary N) is 1. The van der Waals surface area contributed by atoms with Gasteiger partial charge in [-0.25, -0.2) is 0 Å². The van der Waals surface area contributed by atoms with E-state index in [4.69, 9.17) is 14.2 Å². The predicted octanol–water partition coefficient (Wildman–Crippen LogP) is 3.83. The zero-order valence-corrected chi connectivity index (χ0v) is 18.9. The molecule has 0 unspecified atom stereocenters. The number of benzene rings is 2. The molecule has 0 aliphatic heterocycles. The summed E-state index contributed by atoms with van der Waals surface area (Å²) in [4.78, 5) is 12.5. The van der Waals surface area contributed by atoms with Crippen molar-refractivity contribution in [3.63, 3.8) is 0 Å². The normalized spacial score (nSPS) is 10.4. The highest BCUT2D eigenvalue weighted by molar-refractivity contribution is 7.99. The largest absolute Gasteiger partial charge is 0.497 e. The topological polar surface area (TPSA) is 87.5 Å². The van der Waals surface area contributed by atoms with E-state index >= 15 is 0 Å². The first-order chi connectivity index (χ1) is 15.6. The molecule has 8 nitrogen and oxygen atoms in total. The summed E-state index contributed by atoms with van der Waals surface area (Å²) in [5, 5.41) is 12.0. The van der Waals surface area contributed by atoms with Crippen LogP contribution >= 0.6 is 11.8 Å². The Bertz CT molecular complexity index is 1020. The van der Waals surface area contributed by atoms with Gasteiger partial charge in [0, 0.05) is 18.0 Å². The lowest BCUT2D eigenvalue weighted by atomic mass is 10.3. The molecular formula is C23H26N4O4S. The highest BCUT2D eigenvalue weighted by Gasteiger charge is 2.15. The molecule has 168 valence electrons. The number of thioether (sulfide) groups is 1. The number of hydrogen-bond donors (Lipinski definition) is 1. The van der Waals surface area contributed by atoms with E-state index in [1.807, 2.05) is 28.8 Å². The van der Waals surface area contributed by atoms with Crippen molar-refractivity contribution in [2.75, 3.05) is 31.9 Å². The first-order valence-corrected chi connectivity index (χ1v) is 11.0. The fraction of sp³-hybridized carbons (Fsp3) is 0.261. The summed E-state index contributed by atoms with van der Waals surface area (Å²) in [7, 11) is 3.23. The van der Waals surface area contributed by atoms with Gasteiger partial charge in [-0.3, -0.25) is 4.79 Å². The van der Waals surface area contributed by atoms with Crippen LogP contribution in [-0.4, -0.2) is 47.3 Å². The molecule has 0 aliphatic carbocycles. The number of carbonyl (C=O) groups excluding carboxylic acids is 1. The van der Waals surface area contributed by atoms with E-state index in [1.54, 1.807) is 44.6 Å². The van der Waals surface area contributed by atoms with Crippen LogP contribution in [0.15, 0.2) is 66.3 Å². The Balaban J connectivity index is 1.53. The van der Waals surface area contributed by atoms with E-state index in [1.165, 1.54) is 11.8 Å². The molecule has 0 bridgehead atoms. The minimum atomic E-state index is -0.174. The van der Waals surface area contributed by atoms with Gasteiger partial charge in [0.1, 0.15) is 23.1 Å². The van der Waals surface area contributed by atoms with Crippen molar-refractivity contribution < 1.29 is 19.0 Å². The van der Waals surface area contributed by atoms with Gasteiger partial charge in [-0.05, 0) is 48.5 Å². The quantitative estimate of drug-likeness (QED) is 0.253. The summed E-state index contributed by atoms with van der Waals surface area (Å²) < 4.78 is 17.9. The van der Waals surface area contributed by atoms with Crippen LogP contribution in [0.4, 0.5) is 5.69 Å². The SMILES string of the molecule is C=CCn1c(CC(=O)Nc2ccc(OC)cc2)nnc1SCCOc1ccc(OC)cc1. The average molecular weight is 455 g/mol. The van der Waals surface area contributed by atoms with Crippen molar-refractivity contribution >= 4 is 23.4 Å². The Morgan fingerprint density at radius 1 is 1.03 bits per heavy atom. The van der Waals surface area contributed by atoms with Crippen LogP contribution in [-0.2, 0) is 17.8 Å². The Labute approximate surface area is 191 Å². The first kappa shape index (κ1) is 23.2. The molecule has 1 heterocycles. The van der Waals surface area contributed by atoms with Gasteiger partial charge < -0.3 is 24.1 Å². The van der Waals surface area contributed by atoms with Gasteiger partial charge in [-0.2, -0.15) is 0 Å². The molecule has 1 N–H and O–H groups in total. The first-order valence-electron chi connectivity index (χ1n) is 9.99.